The number of aliphatic hydroxyl groups excluding tert-OH is 3. The molecule has 3 N–H and O–H groups in total. The maximum absolute atomic E-state index is 10.3. The predicted octanol–water partition coefficient (Wildman–Crippen LogP) is 4.11. The standard InChI is InChI=1S/C21H45NO3/c1-3-5-7-10-14-20(24)18-22(16-12-9-13-17-23)19-21(25)15-11-8-6-4-2/h20-21,23-25H,3-19H2,1-2H3. The second-order valence-corrected chi connectivity index (χ2v) is 7.55. The van der Waals surface area contributed by atoms with Gasteiger partial charge in [-0.05, 0) is 38.6 Å². The van der Waals surface area contributed by atoms with Crippen LogP contribution in [-0.2, 0) is 0 Å². The van der Waals surface area contributed by atoms with E-state index in [-0.39, 0.29) is 18.8 Å². The van der Waals surface area contributed by atoms with Crippen molar-refractivity contribution < 1.29 is 15.3 Å². The van der Waals surface area contributed by atoms with Gasteiger partial charge < -0.3 is 15.3 Å². The van der Waals surface area contributed by atoms with Gasteiger partial charge in [0.2, 0.25) is 0 Å². The van der Waals surface area contributed by atoms with Crippen LogP contribution in [0.3, 0.4) is 0 Å². The molecule has 152 valence electrons. The molecule has 2 atom stereocenters. The van der Waals surface area contributed by atoms with Crippen LogP contribution in [0, 0.1) is 0 Å². The Kier molecular flexibility index (Phi) is 18.5. The summed E-state index contributed by atoms with van der Waals surface area (Å²) in [5, 5.41) is 29.5. The van der Waals surface area contributed by atoms with Crippen molar-refractivity contribution in [2.24, 2.45) is 0 Å². The van der Waals surface area contributed by atoms with Crippen LogP contribution >= 0.6 is 0 Å². The average molecular weight is 360 g/mol. The number of rotatable bonds is 19. The largest absolute Gasteiger partial charge is 0.396 e. The maximum atomic E-state index is 10.3. The first-order valence-electron chi connectivity index (χ1n) is 10.8. The Bertz CT molecular complexity index is 244. The third-order valence-electron chi connectivity index (χ3n) is 4.85. The number of hydrogen-bond acceptors (Lipinski definition) is 4. The van der Waals surface area contributed by atoms with Crippen molar-refractivity contribution in [3.63, 3.8) is 0 Å². The molecule has 0 aliphatic rings. The fraction of sp³-hybridized carbons (Fsp3) is 1.00. The lowest BCUT2D eigenvalue weighted by atomic mass is 10.1. The van der Waals surface area contributed by atoms with E-state index in [1.165, 1.54) is 38.5 Å². The van der Waals surface area contributed by atoms with Crippen molar-refractivity contribution in [2.45, 2.75) is 110 Å². The highest BCUT2D eigenvalue weighted by molar-refractivity contribution is 4.70. The first-order valence-corrected chi connectivity index (χ1v) is 10.8. The van der Waals surface area contributed by atoms with Crippen LogP contribution in [0.2, 0.25) is 0 Å². The van der Waals surface area contributed by atoms with Gasteiger partial charge in [-0.2, -0.15) is 0 Å². The Balaban J connectivity index is 4.14. The smallest absolute Gasteiger partial charge is 0.0667 e. The molecule has 2 unspecified atom stereocenters. The van der Waals surface area contributed by atoms with Crippen molar-refractivity contribution in [3.8, 4) is 0 Å². The lowest BCUT2D eigenvalue weighted by Gasteiger charge is -2.27. The third kappa shape index (κ3) is 17.0. The Morgan fingerprint density at radius 1 is 0.640 bits per heavy atom. The molecule has 0 fully saturated rings. The highest BCUT2D eigenvalue weighted by Crippen LogP contribution is 2.11. The number of aliphatic hydroxyl groups is 3. The van der Waals surface area contributed by atoms with Crippen LogP contribution in [0.1, 0.15) is 97.3 Å². The summed E-state index contributed by atoms with van der Waals surface area (Å²) in [6, 6.07) is 0. The highest BCUT2D eigenvalue weighted by atomic mass is 16.3. The first kappa shape index (κ1) is 24.8. The maximum Gasteiger partial charge on any atom is 0.0667 e. The molecule has 0 aliphatic heterocycles. The molecule has 0 amide bonds. The van der Waals surface area contributed by atoms with E-state index in [0.29, 0.717) is 13.1 Å². The minimum absolute atomic E-state index is 0.250. The van der Waals surface area contributed by atoms with Gasteiger partial charge in [-0.1, -0.05) is 65.2 Å². The van der Waals surface area contributed by atoms with Crippen molar-refractivity contribution in [1.82, 2.24) is 4.90 Å². The molecule has 25 heavy (non-hydrogen) atoms. The van der Waals surface area contributed by atoms with Gasteiger partial charge in [0.25, 0.3) is 0 Å². The summed E-state index contributed by atoms with van der Waals surface area (Å²) >= 11 is 0. The van der Waals surface area contributed by atoms with Crippen LogP contribution in [0.25, 0.3) is 0 Å². The fourth-order valence-corrected chi connectivity index (χ4v) is 3.27. The molecule has 0 spiro atoms. The molecule has 0 bridgehead atoms. The summed E-state index contributed by atoms with van der Waals surface area (Å²) in [6.07, 6.45) is 13.5. The molecule has 4 heteroatoms. The van der Waals surface area contributed by atoms with Gasteiger partial charge >= 0.3 is 0 Å². The molecule has 0 heterocycles. The third-order valence-corrected chi connectivity index (χ3v) is 4.85. The van der Waals surface area contributed by atoms with Crippen LogP contribution in [0.4, 0.5) is 0 Å². The van der Waals surface area contributed by atoms with Gasteiger partial charge in [-0.3, -0.25) is 4.90 Å². The average Bonchev–Trinajstić information content (AvgIpc) is 2.59. The Morgan fingerprint density at radius 2 is 1.12 bits per heavy atom. The van der Waals surface area contributed by atoms with E-state index >= 15 is 0 Å². The predicted molar refractivity (Wildman–Crippen MR) is 107 cm³/mol. The van der Waals surface area contributed by atoms with Gasteiger partial charge in [0.05, 0.1) is 12.2 Å². The molecule has 0 aromatic carbocycles. The number of nitrogens with zero attached hydrogens (tertiary/aromatic N) is 1. The molecule has 0 saturated carbocycles. The highest BCUT2D eigenvalue weighted by Gasteiger charge is 2.15. The summed E-state index contributed by atoms with van der Waals surface area (Å²) in [7, 11) is 0. The van der Waals surface area contributed by atoms with E-state index in [4.69, 9.17) is 5.11 Å². The second kappa shape index (κ2) is 18.6. The Hall–Kier alpha value is -0.160. The number of hydrogen-bond donors (Lipinski definition) is 3. The van der Waals surface area contributed by atoms with E-state index in [2.05, 4.69) is 18.7 Å². The fourth-order valence-electron chi connectivity index (χ4n) is 3.27. The minimum atomic E-state index is -0.290. The van der Waals surface area contributed by atoms with Crippen LogP contribution in [0.15, 0.2) is 0 Å². The molecule has 0 aliphatic carbocycles. The first-order chi connectivity index (χ1) is 12.1. The molecule has 0 radical (unpaired) electrons. The van der Waals surface area contributed by atoms with Gasteiger partial charge in [0.15, 0.2) is 0 Å². The van der Waals surface area contributed by atoms with Gasteiger partial charge in [0.1, 0.15) is 0 Å². The van der Waals surface area contributed by atoms with Crippen molar-refractivity contribution in [3.05, 3.63) is 0 Å². The molecule has 0 aromatic rings. The van der Waals surface area contributed by atoms with Crippen LogP contribution in [-0.4, -0.2) is 58.7 Å². The van der Waals surface area contributed by atoms with Gasteiger partial charge in [-0.25, -0.2) is 0 Å². The van der Waals surface area contributed by atoms with E-state index in [1.807, 2.05) is 0 Å². The molecule has 0 rings (SSSR count). The lowest BCUT2D eigenvalue weighted by molar-refractivity contribution is 0.0594. The molecular formula is C21H45NO3. The van der Waals surface area contributed by atoms with Crippen molar-refractivity contribution in [1.29, 1.82) is 0 Å². The van der Waals surface area contributed by atoms with E-state index < -0.39 is 0 Å². The van der Waals surface area contributed by atoms with E-state index in [1.54, 1.807) is 0 Å². The van der Waals surface area contributed by atoms with Crippen molar-refractivity contribution >= 4 is 0 Å². The minimum Gasteiger partial charge on any atom is -0.396 e. The zero-order valence-electron chi connectivity index (χ0n) is 17.0. The summed E-state index contributed by atoms with van der Waals surface area (Å²) < 4.78 is 0. The summed E-state index contributed by atoms with van der Waals surface area (Å²) in [5.74, 6) is 0. The molecule has 0 aromatic heterocycles. The normalized spacial score (nSPS) is 14.2. The van der Waals surface area contributed by atoms with Crippen molar-refractivity contribution in [2.75, 3.05) is 26.2 Å². The van der Waals surface area contributed by atoms with Crippen LogP contribution < -0.4 is 0 Å². The molecule has 4 nitrogen and oxygen atoms in total. The monoisotopic (exact) mass is 359 g/mol. The van der Waals surface area contributed by atoms with Crippen LogP contribution in [0.5, 0.6) is 0 Å². The second-order valence-electron chi connectivity index (χ2n) is 7.55. The summed E-state index contributed by atoms with van der Waals surface area (Å²) in [6.45, 7) is 6.88. The molecule has 0 saturated heterocycles. The SMILES string of the molecule is CCCCCCC(O)CN(CCCCCO)CC(O)CCCCCC. The van der Waals surface area contributed by atoms with Gasteiger partial charge in [-0.15, -0.1) is 0 Å². The zero-order chi connectivity index (χ0) is 18.8. The number of unbranched alkanes of at least 4 members (excludes halogenated alkanes) is 8. The van der Waals surface area contributed by atoms with Gasteiger partial charge in [0, 0.05) is 19.7 Å². The quantitative estimate of drug-likeness (QED) is 0.304. The Labute approximate surface area is 156 Å². The topological polar surface area (TPSA) is 63.9 Å². The zero-order valence-corrected chi connectivity index (χ0v) is 17.0. The van der Waals surface area contributed by atoms with E-state index in [0.717, 1.165) is 51.5 Å². The summed E-state index contributed by atoms with van der Waals surface area (Å²) in [4.78, 5) is 2.23. The lowest BCUT2D eigenvalue weighted by Crippen LogP contribution is -2.38. The summed E-state index contributed by atoms with van der Waals surface area (Å²) in [5.41, 5.74) is 0. The van der Waals surface area contributed by atoms with E-state index in [9.17, 15) is 10.2 Å². The molecular weight excluding hydrogens is 314 g/mol. The Morgan fingerprint density at radius 3 is 1.56 bits per heavy atom.